The Labute approximate surface area is 188 Å². The maximum Gasteiger partial charge on any atom is 0.165 e. The molecule has 3 aromatic rings. The number of benzene rings is 1. The summed E-state index contributed by atoms with van der Waals surface area (Å²) in [5.41, 5.74) is 3.25. The Morgan fingerprint density at radius 1 is 1.19 bits per heavy atom. The van der Waals surface area contributed by atoms with Crippen molar-refractivity contribution in [1.82, 2.24) is 20.2 Å². The predicted octanol–water partition coefficient (Wildman–Crippen LogP) is 3.22. The van der Waals surface area contributed by atoms with Gasteiger partial charge in [-0.2, -0.15) is 0 Å². The zero-order valence-corrected chi connectivity index (χ0v) is 19.0. The van der Waals surface area contributed by atoms with Gasteiger partial charge in [0.15, 0.2) is 11.6 Å². The average molecular weight is 439 g/mol. The third-order valence-electron chi connectivity index (χ3n) is 5.66. The molecule has 1 aromatic carbocycles. The summed E-state index contributed by atoms with van der Waals surface area (Å²) in [5.74, 6) is 0.766. The van der Waals surface area contributed by atoms with Gasteiger partial charge in [-0.05, 0) is 51.3 Å². The van der Waals surface area contributed by atoms with Crippen molar-refractivity contribution in [2.75, 3.05) is 70.7 Å². The number of fused-ring (bicyclic) bond motifs is 1. The Hall–Kier alpha value is -2.97. The Kier molecular flexibility index (Phi) is 7.02. The molecule has 7 nitrogen and oxygen atoms in total. The van der Waals surface area contributed by atoms with Crippen molar-refractivity contribution < 1.29 is 9.13 Å². The molecule has 2 N–H and O–H groups in total. The van der Waals surface area contributed by atoms with Gasteiger partial charge in [-0.1, -0.05) is 0 Å². The van der Waals surface area contributed by atoms with Crippen molar-refractivity contribution in [2.45, 2.75) is 6.42 Å². The van der Waals surface area contributed by atoms with Gasteiger partial charge >= 0.3 is 0 Å². The summed E-state index contributed by atoms with van der Waals surface area (Å²) >= 11 is 0. The van der Waals surface area contributed by atoms with E-state index < -0.39 is 5.82 Å². The number of rotatable bonds is 8. The second kappa shape index (κ2) is 10.1. The summed E-state index contributed by atoms with van der Waals surface area (Å²) in [5, 5.41) is 7.57. The Morgan fingerprint density at radius 3 is 2.69 bits per heavy atom. The van der Waals surface area contributed by atoms with Gasteiger partial charge in [0.2, 0.25) is 0 Å². The van der Waals surface area contributed by atoms with Crippen molar-refractivity contribution in [1.29, 1.82) is 0 Å². The average Bonchev–Trinajstić information content (AvgIpc) is 2.82. The van der Waals surface area contributed by atoms with E-state index in [0.717, 1.165) is 73.8 Å². The molecule has 0 spiro atoms. The largest absolute Gasteiger partial charge is 0.494 e. The number of hydrogen-bond donors (Lipinski definition) is 2. The highest BCUT2D eigenvalue weighted by Crippen LogP contribution is 2.32. The Balaban J connectivity index is 1.66. The molecular weight excluding hydrogens is 407 g/mol. The maximum absolute atomic E-state index is 14.4. The number of ether oxygens (including phenoxy) is 1. The first-order chi connectivity index (χ1) is 15.5. The normalized spacial score (nSPS) is 14.2. The van der Waals surface area contributed by atoms with Crippen LogP contribution >= 0.6 is 0 Å². The first kappa shape index (κ1) is 22.2. The van der Waals surface area contributed by atoms with Crippen molar-refractivity contribution in [3.05, 3.63) is 42.3 Å². The molecule has 0 amide bonds. The van der Waals surface area contributed by atoms with Crippen molar-refractivity contribution in [3.8, 4) is 17.0 Å². The first-order valence-corrected chi connectivity index (χ1v) is 11.0. The molecule has 32 heavy (non-hydrogen) atoms. The second-order valence-electron chi connectivity index (χ2n) is 8.28. The van der Waals surface area contributed by atoms with Crippen LogP contribution in [-0.4, -0.2) is 75.3 Å². The topological polar surface area (TPSA) is 65.5 Å². The summed E-state index contributed by atoms with van der Waals surface area (Å²) in [7, 11) is 5.57. The number of nitrogens with one attached hydrogen (secondary N) is 2. The molecule has 4 rings (SSSR count). The molecule has 0 saturated carbocycles. The molecule has 1 fully saturated rings. The summed E-state index contributed by atoms with van der Waals surface area (Å²) in [6.45, 7) is 5.60. The molecule has 2 aromatic heterocycles. The van der Waals surface area contributed by atoms with E-state index in [4.69, 9.17) is 9.72 Å². The summed E-state index contributed by atoms with van der Waals surface area (Å²) in [6, 6.07) is 9.22. The van der Waals surface area contributed by atoms with E-state index in [9.17, 15) is 4.39 Å². The number of pyridine rings is 2. The lowest BCUT2D eigenvalue weighted by molar-refractivity contribution is 0.387. The van der Waals surface area contributed by atoms with Crippen molar-refractivity contribution >= 4 is 22.4 Å². The lowest BCUT2D eigenvalue weighted by Gasteiger charge is -2.28. The highest BCUT2D eigenvalue weighted by atomic mass is 19.1. The van der Waals surface area contributed by atoms with Crippen LogP contribution in [0.15, 0.2) is 36.5 Å². The predicted molar refractivity (Wildman–Crippen MR) is 128 cm³/mol. The van der Waals surface area contributed by atoms with E-state index in [-0.39, 0.29) is 5.75 Å². The van der Waals surface area contributed by atoms with Crippen LogP contribution in [-0.2, 0) is 0 Å². The molecule has 8 heteroatoms. The van der Waals surface area contributed by atoms with Crippen LogP contribution < -0.4 is 20.3 Å². The van der Waals surface area contributed by atoms with Crippen LogP contribution in [0.1, 0.15) is 6.42 Å². The number of piperazine rings is 1. The fourth-order valence-electron chi connectivity index (χ4n) is 3.91. The van der Waals surface area contributed by atoms with E-state index in [1.165, 1.54) is 13.2 Å². The van der Waals surface area contributed by atoms with Crippen molar-refractivity contribution in [3.63, 3.8) is 0 Å². The van der Waals surface area contributed by atoms with Crippen LogP contribution in [0.5, 0.6) is 5.75 Å². The molecule has 1 saturated heterocycles. The maximum atomic E-state index is 14.4. The molecule has 0 atom stereocenters. The van der Waals surface area contributed by atoms with Gasteiger partial charge in [0.05, 0.1) is 18.3 Å². The fourth-order valence-corrected chi connectivity index (χ4v) is 3.91. The van der Waals surface area contributed by atoms with Gasteiger partial charge in [0.25, 0.3) is 0 Å². The number of halogens is 1. The molecule has 0 aliphatic carbocycles. The van der Waals surface area contributed by atoms with Crippen LogP contribution in [0, 0.1) is 5.82 Å². The standard InChI is InChI=1S/C24H31FN6O/c1-30(2)10-4-7-27-21-14-20(29-22-15-23(32-3)19(25)13-18(21)22)17-5-6-24(28-16-17)31-11-8-26-9-12-31/h5-6,13-16,26H,4,7-12H2,1-3H3,(H,27,29). The minimum Gasteiger partial charge on any atom is -0.494 e. The number of methoxy groups -OCH3 is 1. The Bertz CT molecular complexity index is 1050. The van der Waals surface area contributed by atoms with Gasteiger partial charge in [0, 0.05) is 61.6 Å². The third-order valence-corrected chi connectivity index (χ3v) is 5.66. The highest BCUT2D eigenvalue weighted by Gasteiger charge is 2.14. The van der Waals surface area contributed by atoms with E-state index in [1.807, 2.05) is 18.3 Å². The minimum absolute atomic E-state index is 0.188. The minimum atomic E-state index is -0.395. The van der Waals surface area contributed by atoms with Gasteiger partial charge in [-0.15, -0.1) is 0 Å². The smallest absolute Gasteiger partial charge is 0.165 e. The summed E-state index contributed by atoms with van der Waals surface area (Å²) in [4.78, 5) is 13.9. The molecule has 170 valence electrons. The lowest BCUT2D eigenvalue weighted by Crippen LogP contribution is -2.43. The van der Waals surface area contributed by atoms with Gasteiger partial charge < -0.3 is 25.2 Å². The van der Waals surface area contributed by atoms with E-state index in [2.05, 4.69) is 45.6 Å². The number of anilines is 2. The van der Waals surface area contributed by atoms with E-state index in [0.29, 0.717) is 5.52 Å². The zero-order valence-electron chi connectivity index (χ0n) is 19.0. The van der Waals surface area contributed by atoms with E-state index >= 15 is 0 Å². The summed E-state index contributed by atoms with van der Waals surface area (Å²) in [6.07, 6.45) is 2.84. The zero-order chi connectivity index (χ0) is 22.5. The van der Waals surface area contributed by atoms with Crippen molar-refractivity contribution in [2.24, 2.45) is 0 Å². The van der Waals surface area contributed by atoms with Gasteiger partial charge in [-0.3, -0.25) is 0 Å². The molecule has 3 heterocycles. The number of hydrogen-bond acceptors (Lipinski definition) is 7. The van der Waals surface area contributed by atoms with Crippen LogP contribution in [0.4, 0.5) is 15.9 Å². The SMILES string of the molecule is COc1cc2nc(-c3ccc(N4CCNCC4)nc3)cc(NCCCN(C)C)c2cc1F. The molecule has 0 radical (unpaired) electrons. The highest BCUT2D eigenvalue weighted by molar-refractivity contribution is 5.94. The molecule has 1 aliphatic heterocycles. The first-order valence-electron chi connectivity index (χ1n) is 11.0. The fraction of sp³-hybridized carbons (Fsp3) is 0.417. The second-order valence-corrected chi connectivity index (χ2v) is 8.28. The molecule has 0 unspecified atom stereocenters. The van der Waals surface area contributed by atoms with Crippen LogP contribution in [0.2, 0.25) is 0 Å². The molecular formula is C24H31FN6O. The third kappa shape index (κ3) is 5.08. The monoisotopic (exact) mass is 438 g/mol. The molecule has 0 bridgehead atoms. The van der Waals surface area contributed by atoms with Crippen LogP contribution in [0.25, 0.3) is 22.2 Å². The number of nitrogens with zero attached hydrogens (tertiary/aromatic N) is 4. The lowest BCUT2D eigenvalue weighted by atomic mass is 10.1. The number of aromatic nitrogens is 2. The Morgan fingerprint density at radius 2 is 2.00 bits per heavy atom. The summed E-state index contributed by atoms with van der Waals surface area (Å²) < 4.78 is 19.6. The van der Waals surface area contributed by atoms with E-state index in [1.54, 1.807) is 6.07 Å². The quantitative estimate of drug-likeness (QED) is 0.524. The van der Waals surface area contributed by atoms with Gasteiger partial charge in [-0.25, -0.2) is 14.4 Å². The molecule has 1 aliphatic rings. The van der Waals surface area contributed by atoms with Crippen LogP contribution in [0.3, 0.4) is 0 Å². The van der Waals surface area contributed by atoms with Gasteiger partial charge in [0.1, 0.15) is 5.82 Å².